The number of rotatable bonds is 2. The van der Waals surface area contributed by atoms with Crippen LogP contribution >= 0.6 is 0 Å². The number of anilines is 1. The number of ether oxygens (including phenoxy) is 1. The van der Waals surface area contributed by atoms with Gasteiger partial charge in [-0.05, 0) is 12.1 Å². The summed E-state index contributed by atoms with van der Waals surface area (Å²) < 4.78 is 17.8. The Balaban J connectivity index is 2.89. The molecule has 0 aliphatic carbocycles. The summed E-state index contributed by atoms with van der Waals surface area (Å²) in [6.07, 6.45) is 0.203. The van der Waals surface area contributed by atoms with Gasteiger partial charge in [-0.15, -0.1) is 0 Å². The average molecular weight is 183 g/mol. The number of hydrogen-bond donors (Lipinski definition) is 1. The van der Waals surface area contributed by atoms with Crippen molar-refractivity contribution in [3.8, 4) is 5.75 Å². The van der Waals surface area contributed by atoms with Gasteiger partial charge < -0.3 is 10.5 Å². The Morgan fingerprint density at radius 3 is 2.92 bits per heavy atom. The molecule has 3 nitrogen and oxygen atoms in total. The maximum absolute atomic E-state index is 13.1. The van der Waals surface area contributed by atoms with Crippen molar-refractivity contribution >= 4 is 11.7 Å². The van der Waals surface area contributed by atoms with E-state index in [0.717, 1.165) is 0 Å². The molecule has 0 atom stereocenters. The van der Waals surface area contributed by atoms with Gasteiger partial charge in [-0.25, -0.2) is 4.39 Å². The minimum absolute atomic E-state index is 0.0265. The van der Waals surface area contributed by atoms with Crippen LogP contribution in [0.15, 0.2) is 18.2 Å². The summed E-state index contributed by atoms with van der Waals surface area (Å²) in [7, 11) is 0. The lowest BCUT2D eigenvalue weighted by Gasteiger charge is -2.04. The van der Waals surface area contributed by atoms with Gasteiger partial charge in [0, 0.05) is 6.42 Å². The number of hydrogen-bond acceptors (Lipinski definition) is 3. The molecule has 0 aromatic heterocycles. The van der Waals surface area contributed by atoms with E-state index in [1.54, 1.807) is 6.92 Å². The highest BCUT2D eigenvalue weighted by Crippen LogP contribution is 2.21. The maximum Gasteiger partial charge on any atom is 0.310 e. The van der Waals surface area contributed by atoms with Crippen molar-refractivity contribution in [2.24, 2.45) is 0 Å². The predicted octanol–water partition coefficient (Wildman–Crippen LogP) is 1.72. The molecule has 2 N–H and O–H groups in total. The Kier molecular flexibility index (Phi) is 2.84. The molecule has 0 heterocycles. The Hall–Kier alpha value is -1.58. The predicted molar refractivity (Wildman–Crippen MR) is 46.7 cm³/mol. The molecule has 13 heavy (non-hydrogen) atoms. The van der Waals surface area contributed by atoms with E-state index in [0.29, 0.717) is 0 Å². The second kappa shape index (κ2) is 3.89. The number of nitrogen functional groups attached to an aromatic ring is 1. The van der Waals surface area contributed by atoms with Gasteiger partial charge in [0.25, 0.3) is 0 Å². The second-order valence-corrected chi connectivity index (χ2v) is 2.49. The molecule has 0 radical (unpaired) electrons. The number of carbonyl (C=O) groups is 1. The first kappa shape index (κ1) is 9.51. The third-order valence-electron chi connectivity index (χ3n) is 1.51. The van der Waals surface area contributed by atoms with Gasteiger partial charge in [-0.2, -0.15) is 0 Å². The molecule has 70 valence electrons. The zero-order valence-electron chi connectivity index (χ0n) is 7.21. The Morgan fingerprint density at radius 1 is 1.62 bits per heavy atom. The Morgan fingerprint density at radius 2 is 2.31 bits per heavy atom. The molecule has 1 aromatic carbocycles. The zero-order chi connectivity index (χ0) is 9.84. The Bertz CT molecular complexity index is 325. The summed E-state index contributed by atoms with van der Waals surface area (Å²) in [4.78, 5) is 10.8. The molecular weight excluding hydrogens is 173 g/mol. The summed E-state index contributed by atoms with van der Waals surface area (Å²) in [5.74, 6) is -1.29. The van der Waals surface area contributed by atoms with Crippen LogP contribution in [0.2, 0.25) is 0 Å². The van der Waals surface area contributed by atoms with Crippen LogP contribution in [0.1, 0.15) is 13.3 Å². The van der Waals surface area contributed by atoms with Gasteiger partial charge in [0.15, 0.2) is 11.6 Å². The van der Waals surface area contributed by atoms with Crippen molar-refractivity contribution in [3.05, 3.63) is 24.0 Å². The van der Waals surface area contributed by atoms with E-state index >= 15 is 0 Å². The molecule has 0 amide bonds. The fourth-order valence-corrected chi connectivity index (χ4v) is 0.801. The molecule has 0 fully saturated rings. The SMILES string of the molecule is CCC(=O)Oc1cccc(N)c1F. The first-order chi connectivity index (χ1) is 6.15. The zero-order valence-corrected chi connectivity index (χ0v) is 7.21. The highest BCUT2D eigenvalue weighted by Gasteiger charge is 2.09. The number of carbonyl (C=O) groups excluding carboxylic acids is 1. The summed E-state index contributed by atoms with van der Waals surface area (Å²) >= 11 is 0. The quantitative estimate of drug-likeness (QED) is 0.431. The van der Waals surface area contributed by atoms with E-state index in [4.69, 9.17) is 5.73 Å². The fourth-order valence-electron chi connectivity index (χ4n) is 0.801. The van der Waals surface area contributed by atoms with E-state index in [1.807, 2.05) is 0 Å². The second-order valence-electron chi connectivity index (χ2n) is 2.49. The highest BCUT2D eigenvalue weighted by molar-refractivity contribution is 5.72. The molecule has 1 rings (SSSR count). The summed E-state index contributed by atoms with van der Waals surface area (Å²) in [6.45, 7) is 1.63. The monoisotopic (exact) mass is 183 g/mol. The minimum Gasteiger partial charge on any atom is -0.423 e. The van der Waals surface area contributed by atoms with Crippen molar-refractivity contribution in [3.63, 3.8) is 0 Å². The molecule has 0 saturated heterocycles. The lowest BCUT2D eigenvalue weighted by molar-refractivity contribution is -0.134. The molecule has 0 spiro atoms. The molecule has 0 aliphatic rings. The van der Waals surface area contributed by atoms with Crippen LogP contribution < -0.4 is 10.5 Å². The number of nitrogens with two attached hydrogens (primary N) is 1. The van der Waals surface area contributed by atoms with Crippen LogP contribution in [0.4, 0.5) is 10.1 Å². The standard InChI is InChI=1S/C9H10FNO2/c1-2-8(12)13-7-5-3-4-6(11)9(7)10/h3-5H,2,11H2,1H3. The van der Waals surface area contributed by atoms with Crippen LogP contribution in [-0.4, -0.2) is 5.97 Å². The molecule has 0 unspecified atom stereocenters. The van der Waals surface area contributed by atoms with Crippen molar-refractivity contribution in [2.75, 3.05) is 5.73 Å². The first-order valence-electron chi connectivity index (χ1n) is 3.89. The normalized spacial score (nSPS) is 9.69. The van der Waals surface area contributed by atoms with Crippen LogP contribution in [0.5, 0.6) is 5.75 Å². The van der Waals surface area contributed by atoms with Gasteiger partial charge in [0.05, 0.1) is 5.69 Å². The van der Waals surface area contributed by atoms with Crippen LogP contribution in [0.3, 0.4) is 0 Å². The summed E-state index contributed by atoms with van der Waals surface area (Å²) in [5.41, 5.74) is 5.25. The van der Waals surface area contributed by atoms with E-state index in [1.165, 1.54) is 18.2 Å². The molecule has 4 heteroatoms. The van der Waals surface area contributed by atoms with E-state index in [-0.39, 0.29) is 17.9 Å². The topological polar surface area (TPSA) is 52.3 Å². The van der Waals surface area contributed by atoms with Crippen LogP contribution in [0, 0.1) is 5.82 Å². The van der Waals surface area contributed by atoms with E-state index in [2.05, 4.69) is 4.74 Å². The van der Waals surface area contributed by atoms with Gasteiger partial charge in [-0.1, -0.05) is 13.0 Å². The Labute approximate surface area is 75.3 Å². The van der Waals surface area contributed by atoms with Crippen molar-refractivity contribution < 1.29 is 13.9 Å². The number of esters is 1. The fraction of sp³-hybridized carbons (Fsp3) is 0.222. The lowest BCUT2D eigenvalue weighted by Crippen LogP contribution is -2.07. The largest absolute Gasteiger partial charge is 0.423 e. The average Bonchev–Trinajstić information content (AvgIpc) is 2.13. The first-order valence-corrected chi connectivity index (χ1v) is 3.89. The highest BCUT2D eigenvalue weighted by atomic mass is 19.1. The smallest absolute Gasteiger partial charge is 0.310 e. The van der Waals surface area contributed by atoms with Gasteiger partial charge >= 0.3 is 5.97 Å². The van der Waals surface area contributed by atoms with Crippen molar-refractivity contribution in [1.82, 2.24) is 0 Å². The van der Waals surface area contributed by atoms with E-state index < -0.39 is 11.8 Å². The molecule has 1 aromatic rings. The van der Waals surface area contributed by atoms with Crippen LogP contribution in [0.25, 0.3) is 0 Å². The van der Waals surface area contributed by atoms with Gasteiger partial charge in [0.1, 0.15) is 0 Å². The number of benzene rings is 1. The minimum atomic E-state index is -0.690. The molecule has 0 bridgehead atoms. The summed E-state index contributed by atoms with van der Waals surface area (Å²) in [5, 5.41) is 0. The van der Waals surface area contributed by atoms with Crippen LogP contribution in [-0.2, 0) is 4.79 Å². The summed E-state index contributed by atoms with van der Waals surface area (Å²) in [6, 6.07) is 4.29. The molecular formula is C9H10FNO2. The van der Waals surface area contributed by atoms with Gasteiger partial charge in [0.2, 0.25) is 0 Å². The lowest BCUT2D eigenvalue weighted by atomic mass is 10.3. The van der Waals surface area contributed by atoms with Gasteiger partial charge in [-0.3, -0.25) is 4.79 Å². The molecule has 0 saturated carbocycles. The van der Waals surface area contributed by atoms with Crippen molar-refractivity contribution in [1.29, 1.82) is 0 Å². The molecule has 0 aliphatic heterocycles. The third kappa shape index (κ3) is 2.18. The number of halogens is 1. The maximum atomic E-state index is 13.1. The third-order valence-corrected chi connectivity index (χ3v) is 1.51. The van der Waals surface area contributed by atoms with Crippen molar-refractivity contribution in [2.45, 2.75) is 13.3 Å². The van der Waals surface area contributed by atoms with E-state index in [9.17, 15) is 9.18 Å².